The fraction of sp³-hybridized carbons (Fsp3) is 0.323. The van der Waals surface area contributed by atoms with Crippen molar-refractivity contribution in [1.82, 2.24) is 30.3 Å². The topological polar surface area (TPSA) is 77.2 Å². The molecule has 0 aliphatic carbocycles. The van der Waals surface area contributed by atoms with Gasteiger partial charge in [-0.1, -0.05) is 48.5 Å². The summed E-state index contributed by atoms with van der Waals surface area (Å²) in [6, 6.07) is 20.9. The first-order valence-electron chi connectivity index (χ1n) is 13.5. The Morgan fingerprint density at radius 1 is 1.00 bits per heavy atom. The quantitative estimate of drug-likeness (QED) is 0.395. The molecule has 7 nitrogen and oxygen atoms in total. The predicted molar refractivity (Wildman–Crippen MR) is 149 cm³/mol. The second-order valence-electron chi connectivity index (χ2n) is 10.5. The lowest BCUT2D eigenvalue weighted by atomic mass is 10.0. The predicted octanol–water partition coefficient (Wildman–Crippen LogP) is 5.10. The molecule has 1 unspecified atom stereocenters. The van der Waals surface area contributed by atoms with Crippen molar-refractivity contribution >= 4 is 6.03 Å². The molecule has 2 N–H and O–H groups in total. The molecule has 0 radical (unpaired) electrons. The van der Waals surface area contributed by atoms with E-state index >= 15 is 0 Å². The van der Waals surface area contributed by atoms with Gasteiger partial charge in [0.1, 0.15) is 0 Å². The number of pyridine rings is 1. The molecule has 2 aliphatic rings. The van der Waals surface area contributed by atoms with Crippen LogP contribution in [0.4, 0.5) is 4.79 Å². The smallest absolute Gasteiger partial charge is 0.317 e. The lowest BCUT2D eigenvalue weighted by Gasteiger charge is -2.29. The van der Waals surface area contributed by atoms with Crippen LogP contribution in [0.3, 0.4) is 0 Å². The van der Waals surface area contributed by atoms with Crippen LogP contribution in [0.15, 0.2) is 66.9 Å². The Morgan fingerprint density at radius 2 is 1.82 bits per heavy atom. The molecule has 2 aromatic carbocycles. The van der Waals surface area contributed by atoms with Crippen LogP contribution in [0.1, 0.15) is 34.4 Å². The Kier molecular flexibility index (Phi) is 6.68. The molecule has 2 aliphatic heterocycles. The zero-order valence-electron chi connectivity index (χ0n) is 22.1. The van der Waals surface area contributed by atoms with Crippen molar-refractivity contribution in [2.75, 3.05) is 19.6 Å². The number of carbonyl (C=O) groups is 1. The molecule has 1 atom stereocenters. The van der Waals surface area contributed by atoms with Gasteiger partial charge in [0.05, 0.1) is 17.9 Å². The van der Waals surface area contributed by atoms with Crippen LogP contribution in [-0.4, -0.2) is 56.7 Å². The van der Waals surface area contributed by atoms with Gasteiger partial charge in [-0.05, 0) is 49.1 Å². The third-order valence-electron chi connectivity index (χ3n) is 7.95. The van der Waals surface area contributed by atoms with E-state index < -0.39 is 0 Å². The molecule has 0 saturated carbocycles. The molecule has 0 bridgehead atoms. The normalized spacial score (nSPS) is 17.4. The molecular formula is C31H34N6O. The van der Waals surface area contributed by atoms with E-state index in [9.17, 15) is 4.79 Å². The van der Waals surface area contributed by atoms with Crippen LogP contribution >= 0.6 is 0 Å². The third-order valence-corrected chi connectivity index (χ3v) is 7.95. The van der Waals surface area contributed by atoms with Gasteiger partial charge in [-0.2, -0.15) is 5.10 Å². The number of hydrogen-bond donors (Lipinski definition) is 2. The number of urea groups is 1. The van der Waals surface area contributed by atoms with Crippen LogP contribution in [-0.2, 0) is 19.5 Å². The van der Waals surface area contributed by atoms with Crippen molar-refractivity contribution in [2.45, 2.75) is 45.8 Å². The van der Waals surface area contributed by atoms with Crippen molar-refractivity contribution in [1.29, 1.82) is 0 Å². The van der Waals surface area contributed by atoms with E-state index in [-0.39, 0.29) is 12.1 Å². The second-order valence-corrected chi connectivity index (χ2v) is 10.5. The minimum atomic E-state index is 0.0132. The minimum Gasteiger partial charge on any atom is -0.334 e. The molecule has 2 amide bonds. The number of benzene rings is 2. The Labute approximate surface area is 223 Å². The Balaban J connectivity index is 1.09. The molecule has 6 rings (SSSR count). The van der Waals surface area contributed by atoms with E-state index in [0.29, 0.717) is 13.1 Å². The number of fused-ring (bicyclic) bond motifs is 1. The summed E-state index contributed by atoms with van der Waals surface area (Å²) in [5.74, 6) is 0. The van der Waals surface area contributed by atoms with Gasteiger partial charge >= 0.3 is 6.03 Å². The van der Waals surface area contributed by atoms with Crippen LogP contribution in [0.2, 0.25) is 0 Å². The third kappa shape index (κ3) is 4.94. The maximum absolute atomic E-state index is 13.3. The highest BCUT2D eigenvalue weighted by Crippen LogP contribution is 2.29. The molecule has 1 saturated heterocycles. The number of aryl methyl sites for hydroxylation is 2. The van der Waals surface area contributed by atoms with Crippen molar-refractivity contribution in [3.05, 3.63) is 94.8 Å². The van der Waals surface area contributed by atoms with E-state index in [1.807, 2.05) is 35.4 Å². The van der Waals surface area contributed by atoms with Crippen LogP contribution in [0, 0.1) is 13.8 Å². The van der Waals surface area contributed by atoms with Gasteiger partial charge in [0.2, 0.25) is 0 Å². The van der Waals surface area contributed by atoms with E-state index in [1.54, 1.807) is 0 Å². The average Bonchev–Trinajstić information content (AvgIpc) is 3.58. The molecule has 194 valence electrons. The summed E-state index contributed by atoms with van der Waals surface area (Å²) < 4.78 is 0. The standard InChI is InChI=1S/C31H34N6O/c1-21-7-6-8-22(2)26(21)19-36-15-13-25(18-36)33-31(38)37-16-14-29-27(20-37)30(35-34-29)24-11-12-28(32-17-24)23-9-4-3-5-10-23/h3-12,17,25H,13-16,18-20H2,1-2H3,(H,33,38)(H,34,35). The highest BCUT2D eigenvalue weighted by molar-refractivity contribution is 5.76. The zero-order chi connectivity index (χ0) is 26.1. The molecule has 1 fully saturated rings. The summed E-state index contributed by atoms with van der Waals surface area (Å²) in [6.45, 7) is 8.42. The number of rotatable bonds is 5. The molecule has 0 spiro atoms. The lowest BCUT2D eigenvalue weighted by molar-refractivity contribution is 0.188. The monoisotopic (exact) mass is 506 g/mol. The summed E-state index contributed by atoms with van der Waals surface area (Å²) in [5, 5.41) is 11.1. The maximum Gasteiger partial charge on any atom is 0.317 e. The van der Waals surface area contributed by atoms with Crippen LogP contribution < -0.4 is 5.32 Å². The van der Waals surface area contributed by atoms with Gasteiger partial charge in [0, 0.05) is 67.2 Å². The number of nitrogens with one attached hydrogen (secondary N) is 2. The van der Waals surface area contributed by atoms with Crippen molar-refractivity contribution in [3.63, 3.8) is 0 Å². The zero-order valence-corrected chi connectivity index (χ0v) is 22.1. The summed E-state index contributed by atoms with van der Waals surface area (Å²) in [5.41, 5.74) is 10.1. The number of H-pyrrole nitrogens is 1. The van der Waals surface area contributed by atoms with Gasteiger partial charge < -0.3 is 10.2 Å². The van der Waals surface area contributed by atoms with Gasteiger partial charge in [-0.3, -0.25) is 15.0 Å². The van der Waals surface area contributed by atoms with Crippen LogP contribution in [0.25, 0.3) is 22.5 Å². The number of likely N-dealkylation sites (tertiary alicyclic amines) is 1. The highest BCUT2D eigenvalue weighted by atomic mass is 16.2. The summed E-state index contributed by atoms with van der Waals surface area (Å²) >= 11 is 0. The number of amides is 2. The number of aromatic nitrogens is 3. The first kappa shape index (κ1) is 24.4. The lowest BCUT2D eigenvalue weighted by Crippen LogP contribution is -2.47. The molecule has 38 heavy (non-hydrogen) atoms. The Bertz CT molecular complexity index is 1410. The summed E-state index contributed by atoms with van der Waals surface area (Å²) in [6.07, 6.45) is 3.63. The van der Waals surface area contributed by atoms with E-state index in [4.69, 9.17) is 0 Å². The van der Waals surface area contributed by atoms with E-state index in [2.05, 4.69) is 75.6 Å². The average molecular weight is 507 g/mol. The fourth-order valence-electron chi connectivity index (χ4n) is 5.70. The summed E-state index contributed by atoms with van der Waals surface area (Å²) in [7, 11) is 0. The number of nitrogens with zero attached hydrogens (tertiary/aromatic N) is 4. The van der Waals surface area contributed by atoms with Crippen LogP contribution in [0.5, 0.6) is 0 Å². The molecule has 2 aromatic heterocycles. The Hall–Kier alpha value is -3.97. The second kappa shape index (κ2) is 10.4. The summed E-state index contributed by atoms with van der Waals surface area (Å²) in [4.78, 5) is 22.3. The number of hydrogen-bond acceptors (Lipinski definition) is 4. The van der Waals surface area contributed by atoms with Gasteiger partial charge in [-0.15, -0.1) is 0 Å². The number of carbonyl (C=O) groups excluding carboxylic acids is 1. The van der Waals surface area contributed by atoms with Crippen molar-refractivity contribution in [3.8, 4) is 22.5 Å². The first-order chi connectivity index (χ1) is 18.5. The highest BCUT2D eigenvalue weighted by Gasteiger charge is 2.29. The van der Waals surface area contributed by atoms with E-state index in [0.717, 1.165) is 66.2 Å². The Morgan fingerprint density at radius 3 is 2.58 bits per heavy atom. The maximum atomic E-state index is 13.3. The molecular weight excluding hydrogens is 472 g/mol. The van der Waals surface area contributed by atoms with Crippen molar-refractivity contribution in [2.24, 2.45) is 0 Å². The minimum absolute atomic E-state index is 0.0132. The van der Waals surface area contributed by atoms with Gasteiger partial charge in [0.15, 0.2) is 0 Å². The largest absolute Gasteiger partial charge is 0.334 e. The molecule has 4 heterocycles. The SMILES string of the molecule is Cc1cccc(C)c1CN1CCC(NC(=O)N2CCc3[nH]nc(-c4ccc(-c5ccccc5)nc4)c3C2)C1. The van der Waals surface area contributed by atoms with Gasteiger partial charge in [0.25, 0.3) is 0 Å². The fourth-order valence-corrected chi connectivity index (χ4v) is 5.70. The molecule has 4 aromatic rings. The van der Waals surface area contributed by atoms with Gasteiger partial charge in [-0.25, -0.2) is 4.79 Å². The van der Waals surface area contributed by atoms with Crippen molar-refractivity contribution < 1.29 is 4.79 Å². The molecule has 7 heteroatoms. The van der Waals surface area contributed by atoms with E-state index in [1.165, 1.54) is 16.7 Å². The first-order valence-corrected chi connectivity index (χ1v) is 13.5. The number of aromatic amines is 1.